The highest BCUT2D eigenvalue weighted by molar-refractivity contribution is 9.10. The first kappa shape index (κ1) is 18.7. The number of hydrogen-bond acceptors (Lipinski definition) is 3. The van der Waals surface area contributed by atoms with E-state index >= 15 is 0 Å². The minimum absolute atomic E-state index is 0.107. The predicted octanol–water partition coefficient (Wildman–Crippen LogP) is 4.15. The molecule has 1 amide bonds. The number of halogens is 3. The van der Waals surface area contributed by atoms with Gasteiger partial charge in [-0.05, 0) is 18.1 Å². The highest BCUT2D eigenvalue weighted by Crippen LogP contribution is 2.32. The molecule has 0 fully saturated rings. The molecule has 0 saturated carbocycles. The topological polar surface area (TPSA) is 54.5 Å². The summed E-state index contributed by atoms with van der Waals surface area (Å²) in [6.45, 7) is 4.62. The lowest BCUT2D eigenvalue weighted by molar-refractivity contribution is 0.0775. The van der Waals surface area contributed by atoms with Gasteiger partial charge in [0.05, 0.1) is 10.6 Å². The van der Waals surface area contributed by atoms with Crippen LogP contribution in [0.25, 0.3) is 0 Å². The van der Waals surface area contributed by atoms with Crippen molar-refractivity contribution < 1.29 is 13.2 Å². The molecule has 8 heteroatoms. The van der Waals surface area contributed by atoms with Crippen LogP contribution in [0.3, 0.4) is 0 Å². The summed E-state index contributed by atoms with van der Waals surface area (Å²) in [7, 11) is 2.97. The first-order chi connectivity index (χ1) is 9.57. The summed E-state index contributed by atoms with van der Waals surface area (Å²) < 4.78 is 23.4. The van der Waals surface area contributed by atoms with E-state index in [1.54, 1.807) is 7.05 Å². The van der Waals surface area contributed by atoms with E-state index in [0.29, 0.717) is 16.9 Å². The van der Waals surface area contributed by atoms with Crippen molar-refractivity contribution in [3.05, 3.63) is 27.2 Å². The van der Waals surface area contributed by atoms with Crippen molar-refractivity contribution in [3.63, 3.8) is 0 Å². The number of carbonyl (C=O) groups is 1. The van der Waals surface area contributed by atoms with Crippen molar-refractivity contribution in [2.75, 3.05) is 13.6 Å². The van der Waals surface area contributed by atoms with Gasteiger partial charge in [-0.15, -0.1) is 0 Å². The highest BCUT2D eigenvalue weighted by Gasteiger charge is 2.24. The van der Waals surface area contributed by atoms with Crippen LogP contribution in [0.2, 0.25) is 5.02 Å². The summed E-state index contributed by atoms with van der Waals surface area (Å²) in [5, 5.41) is -0.158. The third-order valence-electron chi connectivity index (χ3n) is 3.13. The summed E-state index contributed by atoms with van der Waals surface area (Å²) in [4.78, 5) is 13.7. The molecule has 1 atom stereocenters. The standard InChI is InChI=1S/C13H16BrCl2NO3S/c1-4-8(2)7-17(3)13(18)10-5-9(14)6-11(12(10)15)21(16,19)20/h5-6,8H,4,7H2,1-3H3. The molecule has 1 aromatic carbocycles. The second-order valence-corrected chi connectivity index (χ2v) is 8.73. The van der Waals surface area contributed by atoms with Gasteiger partial charge in [0.1, 0.15) is 4.90 Å². The molecule has 1 aromatic rings. The van der Waals surface area contributed by atoms with E-state index in [-0.39, 0.29) is 21.4 Å². The zero-order valence-corrected chi connectivity index (χ0v) is 15.8. The molecule has 1 unspecified atom stereocenters. The Morgan fingerprint density at radius 2 is 2.00 bits per heavy atom. The molecule has 0 aliphatic carbocycles. The maximum absolute atomic E-state index is 12.4. The Kier molecular flexibility index (Phi) is 6.53. The lowest BCUT2D eigenvalue weighted by Crippen LogP contribution is -2.31. The number of carbonyl (C=O) groups excluding carboxylic acids is 1. The summed E-state index contributed by atoms with van der Waals surface area (Å²) in [5.74, 6) is -0.00993. The van der Waals surface area contributed by atoms with Gasteiger partial charge in [0, 0.05) is 28.7 Å². The second-order valence-electron chi connectivity index (χ2n) is 4.90. The van der Waals surface area contributed by atoms with E-state index in [4.69, 9.17) is 22.3 Å². The van der Waals surface area contributed by atoms with Crippen LogP contribution in [-0.2, 0) is 9.05 Å². The molecule has 21 heavy (non-hydrogen) atoms. The summed E-state index contributed by atoms with van der Waals surface area (Å²) in [6, 6.07) is 2.76. The van der Waals surface area contributed by atoms with Crippen LogP contribution in [0.4, 0.5) is 0 Å². The normalized spacial score (nSPS) is 13.0. The summed E-state index contributed by atoms with van der Waals surface area (Å²) >= 11 is 9.21. The van der Waals surface area contributed by atoms with Crippen LogP contribution in [-0.4, -0.2) is 32.8 Å². The summed E-state index contributed by atoms with van der Waals surface area (Å²) in [5.41, 5.74) is 0.107. The second kappa shape index (κ2) is 7.31. The molecule has 0 aliphatic rings. The Morgan fingerprint density at radius 3 is 2.48 bits per heavy atom. The smallest absolute Gasteiger partial charge is 0.262 e. The Hall–Kier alpha value is -0.300. The van der Waals surface area contributed by atoms with Gasteiger partial charge in [0.15, 0.2) is 0 Å². The Balaban J connectivity index is 3.25. The van der Waals surface area contributed by atoms with Gasteiger partial charge in [0.25, 0.3) is 15.0 Å². The van der Waals surface area contributed by atoms with Crippen LogP contribution in [0.5, 0.6) is 0 Å². The number of hydrogen-bond donors (Lipinski definition) is 0. The van der Waals surface area contributed by atoms with Gasteiger partial charge in [-0.3, -0.25) is 4.79 Å². The Morgan fingerprint density at radius 1 is 1.43 bits per heavy atom. The monoisotopic (exact) mass is 415 g/mol. The SMILES string of the molecule is CCC(C)CN(C)C(=O)c1cc(Br)cc(S(=O)(=O)Cl)c1Cl. The molecule has 0 saturated heterocycles. The lowest BCUT2D eigenvalue weighted by Gasteiger charge is -2.21. The van der Waals surface area contributed by atoms with Crippen molar-refractivity contribution in [2.45, 2.75) is 25.2 Å². The van der Waals surface area contributed by atoms with Gasteiger partial charge < -0.3 is 4.90 Å². The fraction of sp³-hybridized carbons (Fsp3) is 0.462. The molecule has 0 N–H and O–H groups in total. The van der Waals surface area contributed by atoms with Gasteiger partial charge >= 0.3 is 0 Å². The van der Waals surface area contributed by atoms with Crippen LogP contribution in [0.15, 0.2) is 21.5 Å². The van der Waals surface area contributed by atoms with E-state index in [2.05, 4.69) is 15.9 Å². The fourth-order valence-electron chi connectivity index (χ4n) is 1.78. The van der Waals surface area contributed by atoms with E-state index in [1.165, 1.54) is 17.0 Å². The summed E-state index contributed by atoms with van der Waals surface area (Å²) in [6.07, 6.45) is 0.936. The van der Waals surface area contributed by atoms with Crippen LogP contribution in [0.1, 0.15) is 30.6 Å². The minimum atomic E-state index is -4.03. The molecule has 1 rings (SSSR count). The number of rotatable bonds is 5. The zero-order chi connectivity index (χ0) is 16.4. The van der Waals surface area contributed by atoms with E-state index < -0.39 is 9.05 Å². The number of amides is 1. The number of nitrogens with zero attached hydrogens (tertiary/aromatic N) is 1. The fourth-order valence-corrected chi connectivity index (χ4v) is 3.96. The maximum Gasteiger partial charge on any atom is 0.262 e. The van der Waals surface area contributed by atoms with Gasteiger partial charge in [-0.2, -0.15) is 0 Å². The van der Waals surface area contributed by atoms with Crippen molar-refractivity contribution in [1.29, 1.82) is 0 Å². The molecule has 0 radical (unpaired) electrons. The molecule has 0 spiro atoms. The molecule has 0 aliphatic heterocycles. The minimum Gasteiger partial charge on any atom is -0.341 e. The van der Waals surface area contributed by atoms with E-state index in [0.717, 1.165) is 6.42 Å². The third-order valence-corrected chi connectivity index (χ3v) is 5.45. The molecule has 0 heterocycles. The average Bonchev–Trinajstić information content (AvgIpc) is 2.38. The van der Waals surface area contributed by atoms with Crippen LogP contribution < -0.4 is 0 Å². The van der Waals surface area contributed by atoms with Gasteiger partial charge in [0.2, 0.25) is 0 Å². The van der Waals surface area contributed by atoms with Crippen molar-refractivity contribution in [2.24, 2.45) is 5.92 Å². The first-order valence-electron chi connectivity index (χ1n) is 6.27. The zero-order valence-electron chi connectivity index (χ0n) is 11.9. The molecule has 4 nitrogen and oxygen atoms in total. The van der Waals surface area contributed by atoms with Crippen molar-refractivity contribution in [1.82, 2.24) is 4.90 Å². The van der Waals surface area contributed by atoms with Gasteiger partial charge in [-0.1, -0.05) is 47.8 Å². The molecule has 0 aromatic heterocycles. The molecular formula is C13H16BrCl2NO3S. The van der Waals surface area contributed by atoms with Crippen molar-refractivity contribution in [3.8, 4) is 0 Å². The highest BCUT2D eigenvalue weighted by atomic mass is 79.9. The van der Waals surface area contributed by atoms with Crippen molar-refractivity contribution >= 4 is 53.2 Å². The van der Waals surface area contributed by atoms with Crippen LogP contribution in [0, 0.1) is 5.92 Å². The molecular weight excluding hydrogens is 401 g/mol. The number of benzene rings is 1. The van der Waals surface area contributed by atoms with E-state index in [9.17, 15) is 13.2 Å². The largest absolute Gasteiger partial charge is 0.341 e. The van der Waals surface area contributed by atoms with E-state index in [1.807, 2.05) is 13.8 Å². The Labute approximate surface area is 143 Å². The third kappa shape index (κ3) is 4.84. The van der Waals surface area contributed by atoms with Crippen LogP contribution >= 0.6 is 38.2 Å². The average molecular weight is 417 g/mol. The molecule has 0 bridgehead atoms. The first-order valence-corrected chi connectivity index (χ1v) is 9.75. The predicted molar refractivity (Wildman–Crippen MR) is 88.6 cm³/mol. The van der Waals surface area contributed by atoms with Gasteiger partial charge in [-0.25, -0.2) is 8.42 Å². The lowest BCUT2D eigenvalue weighted by atomic mass is 10.1. The Bertz CT molecular complexity index is 649. The quantitative estimate of drug-likeness (QED) is 0.677. The maximum atomic E-state index is 12.4. The molecule has 118 valence electrons.